The minimum absolute atomic E-state index is 0.673. The lowest BCUT2D eigenvalue weighted by Crippen LogP contribution is -2.08. The number of unbranched alkanes of at least 4 members (excludes halogenated alkanes) is 23. The van der Waals surface area contributed by atoms with Crippen LogP contribution in [-0.4, -0.2) is 25.2 Å². The lowest BCUT2D eigenvalue weighted by atomic mass is 10.1. The minimum atomic E-state index is -0.673. The molecule has 0 aliphatic carbocycles. The summed E-state index contributed by atoms with van der Waals surface area (Å²) < 4.78 is 0. The molecule has 0 aliphatic heterocycles. The molecular formula is C33H70P+. The van der Waals surface area contributed by atoms with Crippen molar-refractivity contribution < 1.29 is 0 Å². The summed E-state index contributed by atoms with van der Waals surface area (Å²) >= 11 is 0. The van der Waals surface area contributed by atoms with Gasteiger partial charge in [0.15, 0.2) is 0 Å². The highest BCUT2D eigenvalue weighted by Crippen LogP contribution is 2.57. The lowest BCUT2D eigenvalue weighted by Gasteiger charge is -2.24. The van der Waals surface area contributed by atoms with E-state index in [1.54, 1.807) is 18.5 Å². The van der Waals surface area contributed by atoms with Crippen LogP contribution in [0.5, 0.6) is 0 Å². The molecule has 0 N–H and O–H groups in total. The number of hydrogen-bond acceptors (Lipinski definition) is 0. The summed E-state index contributed by atoms with van der Waals surface area (Å²) in [6.07, 6.45) is 43.2. The van der Waals surface area contributed by atoms with Gasteiger partial charge in [0.1, 0.15) is 0 Å². The molecule has 0 saturated heterocycles. The molecule has 0 nitrogen and oxygen atoms in total. The van der Waals surface area contributed by atoms with Crippen molar-refractivity contribution in [3.8, 4) is 0 Å². The second kappa shape index (κ2) is 28.0. The average Bonchev–Trinajstić information content (AvgIpc) is 2.84. The van der Waals surface area contributed by atoms with Gasteiger partial charge >= 0.3 is 0 Å². The maximum Gasteiger partial charge on any atom is 0.0591 e. The van der Waals surface area contributed by atoms with Gasteiger partial charge in [0.2, 0.25) is 0 Å². The molecule has 34 heavy (non-hydrogen) atoms. The molecule has 0 fully saturated rings. The average molecular weight is 498 g/mol. The van der Waals surface area contributed by atoms with Gasteiger partial charge in [-0.15, -0.1) is 0 Å². The second-order valence-electron chi connectivity index (χ2n) is 11.9. The van der Waals surface area contributed by atoms with Gasteiger partial charge in [-0.25, -0.2) is 0 Å². The Morgan fingerprint density at radius 2 is 0.441 bits per heavy atom. The largest absolute Gasteiger partial charge is 0.0654 e. The molecule has 0 saturated carbocycles. The van der Waals surface area contributed by atoms with E-state index < -0.39 is 7.26 Å². The van der Waals surface area contributed by atoms with Crippen LogP contribution in [-0.2, 0) is 0 Å². The van der Waals surface area contributed by atoms with E-state index in [1.807, 2.05) is 0 Å². The highest BCUT2D eigenvalue weighted by atomic mass is 31.2. The van der Waals surface area contributed by atoms with Crippen LogP contribution in [0.3, 0.4) is 0 Å². The molecule has 0 bridgehead atoms. The molecule has 0 aromatic heterocycles. The number of hydrogen-bond donors (Lipinski definition) is 0. The molecule has 0 amide bonds. The zero-order valence-electron chi connectivity index (χ0n) is 25.0. The van der Waals surface area contributed by atoms with Gasteiger partial charge in [0, 0.05) is 13.9 Å². The van der Waals surface area contributed by atoms with Crippen molar-refractivity contribution in [3.05, 3.63) is 0 Å². The lowest BCUT2D eigenvalue weighted by molar-refractivity contribution is 0.561. The van der Waals surface area contributed by atoms with E-state index in [0.717, 1.165) is 0 Å². The first kappa shape index (κ1) is 34.4. The SMILES string of the molecule is CCCCCCCCCCCC[P+](C)(CCCCCCCC)CCCCCCCCCCCC. The maximum atomic E-state index is 2.76. The fourth-order valence-corrected chi connectivity index (χ4v) is 9.20. The van der Waals surface area contributed by atoms with Crippen LogP contribution in [0.1, 0.15) is 188 Å². The summed E-state index contributed by atoms with van der Waals surface area (Å²) in [6, 6.07) is 0. The van der Waals surface area contributed by atoms with E-state index >= 15 is 0 Å². The van der Waals surface area contributed by atoms with Gasteiger partial charge in [-0.05, 0) is 38.5 Å². The molecule has 0 spiro atoms. The van der Waals surface area contributed by atoms with Crippen LogP contribution in [0.15, 0.2) is 0 Å². The monoisotopic (exact) mass is 498 g/mol. The third-order valence-corrected chi connectivity index (χ3v) is 12.3. The van der Waals surface area contributed by atoms with Gasteiger partial charge in [-0.1, -0.05) is 149 Å². The Morgan fingerprint density at radius 3 is 0.647 bits per heavy atom. The summed E-state index contributed by atoms with van der Waals surface area (Å²) in [4.78, 5) is 0. The topological polar surface area (TPSA) is 0 Å². The van der Waals surface area contributed by atoms with Crippen molar-refractivity contribution in [2.24, 2.45) is 0 Å². The maximum absolute atomic E-state index is 2.76. The first-order valence-electron chi connectivity index (χ1n) is 16.5. The van der Waals surface area contributed by atoms with Crippen LogP contribution in [0.4, 0.5) is 0 Å². The van der Waals surface area contributed by atoms with Crippen LogP contribution in [0.2, 0.25) is 0 Å². The number of rotatable bonds is 29. The molecule has 0 rings (SSSR count). The molecule has 0 atom stereocenters. The Hall–Kier alpha value is 0.430. The Morgan fingerprint density at radius 1 is 0.265 bits per heavy atom. The van der Waals surface area contributed by atoms with Crippen LogP contribution >= 0.6 is 7.26 Å². The molecule has 0 aromatic rings. The predicted octanol–water partition coefficient (Wildman–Crippen LogP) is 12.8. The van der Waals surface area contributed by atoms with Crippen LogP contribution < -0.4 is 0 Å². The van der Waals surface area contributed by atoms with Crippen LogP contribution in [0.25, 0.3) is 0 Å². The van der Waals surface area contributed by atoms with Crippen molar-refractivity contribution in [1.29, 1.82) is 0 Å². The normalized spacial score (nSPS) is 12.0. The molecule has 1 heteroatoms. The van der Waals surface area contributed by atoms with Crippen molar-refractivity contribution in [2.45, 2.75) is 188 Å². The fraction of sp³-hybridized carbons (Fsp3) is 1.00. The smallest absolute Gasteiger partial charge is 0.0591 e. The molecule has 0 unspecified atom stereocenters. The van der Waals surface area contributed by atoms with Gasteiger partial charge in [-0.3, -0.25) is 0 Å². The van der Waals surface area contributed by atoms with E-state index in [9.17, 15) is 0 Å². The Bertz CT molecular complexity index is 340. The summed E-state index contributed by atoms with van der Waals surface area (Å²) in [7, 11) is -0.673. The first-order valence-corrected chi connectivity index (χ1v) is 19.3. The Kier molecular flexibility index (Phi) is 28.4. The summed E-state index contributed by atoms with van der Waals surface area (Å²) in [5.41, 5.74) is 0. The zero-order chi connectivity index (χ0) is 25.0. The third-order valence-electron chi connectivity index (χ3n) is 8.15. The van der Waals surface area contributed by atoms with E-state index in [-0.39, 0.29) is 0 Å². The standard InChI is InChI=1S/C33H70P/c1-5-8-11-14-17-19-21-23-26-29-32-34(4,31-28-25-16-13-10-7-3)33-30-27-24-22-20-18-15-12-9-6-2/h5-33H2,1-4H3/q+1. The second-order valence-corrected chi connectivity index (χ2v) is 16.5. The van der Waals surface area contributed by atoms with Crippen molar-refractivity contribution >= 4 is 7.26 Å². The third kappa shape index (κ3) is 25.5. The molecule has 0 radical (unpaired) electrons. The van der Waals surface area contributed by atoms with Gasteiger partial charge in [0.25, 0.3) is 0 Å². The first-order chi connectivity index (χ1) is 16.7. The van der Waals surface area contributed by atoms with Crippen LogP contribution in [0, 0.1) is 0 Å². The minimum Gasteiger partial charge on any atom is -0.0654 e. The molecule has 0 aromatic carbocycles. The molecule has 206 valence electrons. The molecular weight excluding hydrogens is 427 g/mol. The van der Waals surface area contributed by atoms with Crippen molar-refractivity contribution in [1.82, 2.24) is 0 Å². The molecule has 0 heterocycles. The molecule has 0 aliphatic rings. The highest BCUT2D eigenvalue weighted by Gasteiger charge is 2.29. The van der Waals surface area contributed by atoms with Crippen molar-refractivity contribution in [2.75, 3.05) is 25.2 Å². The summed E-state index contributed by atoms with van der Waals surface area (Å²) in [5.74, 6) is 0. The summed E-state index contributed by atoms with van der Waals surface area (Å²) in [5, 5.41) is 0. The Balaban J connectivity index is 3.99. The predicted molar refractivity (Wildman–Crippen MR) is 165 cm³/mol. The van der Waals surface area contributed by atoms with E-state index in [2.05, 4.69) is 27.4 Å². The van der Waals surface area contributed by atoms with Crippen molar-refractivity contribution in [3.63, 3.8) is 0 Å². The van der Waals surface area contributed by atoms with Gasteiger partial charge < -0.3 is 0 Å². The summed E-state index contributed by atoms with van der Waals surface area (Å²) in [6.45, 7) is 9.74. The zero-order valence-corrected chi connectivity index (χ0v) is 25.8. The van der Waals surface area contributed by atoms with E-state index in [0.29, 0.717) is 0 Å². The van der Waals surface area contributed by atoms with Gasteiger partial charge in [0.05, 0.1) is 18.5 Å². The Labute approximate surface area is 220 Å². The fourth-order valence-electron chi connectivity index (χ4n) is 5.57. The van der Waals surface area contributed by atoms with E-state index in [1.165, 1.54) is 167 Å². The highest BCUT2D eigenvalue weighted by molar-refractivity contribution is 7.75. The van der Waals surface area contributed by atoms with E-state index in [4.69, 9.17) is 0 Å². The van der Waals surface area contributed by atoms with Gasteiger partial charge in [-0.2, -0.15) is 0 Å². The quantitative estimate of drug-likeness (QED) is 0.0711.